The molecule has 0 aliphatic heterocycles. The lowest BCUT2D eigenvalue weighted by Crippen LogP contribution is -2.13. The van der Waals surface area contributed by atoms with Gasteiger partial charge >= 0.3 is 0 Å². The zero-order valence-electron chi connectivity index (χ0n) is 10.8. The van der Waals surface area contributed by atoms with Gasteiger partial charge in [-0.25, -0.2) is 0 Å². The molecule has 1 aromatic carbocycles. The zero-order chi connectivity index (χ0) is 13.7. The molecule has 0 aliphatic carbocycles. The van der Waals surface area contributed by atoms with E-state index in [0.717, 1.165) is 27.8 Å². The summed E-state index contributed by atoms with van der Waals surface area (Å²) >= 11 is 3.42. The van der Waals surface area contributed by atoms with Crippen LogP contribution in [0.1, 0.15) is 24.1 Å². The van der Waals surface area contributed by atoms with E-state index in [9.17, 15) is 0 Å². The third-order valence-corrected chi connectivity index (χ3v) is 3.27. The van der Waals surface area contributed by atoms with Gasteiger partial charge in [0.15, 0.2) is 0 Å². The first-order chi connectivity index (χ1) is 9.19. The number of rotatable bonds is 5. The van der Waals surface area contributed by atoms with E-state index in [1.54, 1.807) is 6.20 Å². The minimum atomic E-state index is -0.0354. The van der Waals surface area contributed by atoms with Gasteiger partial charge in [-0.05, 0) is 58.6 Å². The third-order valence-electron chi connectivity index (χ3n) is 2.84. The van der Waals surface area contributed by atoms with Gasteiger partial charge in [0.1, 0.15) is 5.75 Å². The standard InChI is InChI=1S/C15H17BrN2O/c1-2-19-14-5-3-12(4-6-14)15(17)8-11-7-13(16)10-18-9-11/h3-7,9-10,15H,2,8,17H2,1H3. The molecule has 100 valence electrons. The van der Waals surface area contributed by atoms with Crippen molar-refractivity contribution < 1.29 is 4.74 Å². The van der Waals surface area contributed by atoms with Gasteiger partial charge in [0.05, 0.1) is 6.61 Å². The molecule has 1 unspecified atom stereocenters. The van der Waals surface area contributed by atoms with Crippen molar-refractivity contribution >= 4 is 15.9 Å². The summed E-state index contributed by atoms with van der Waals surface area (Å²) in [6.45, 7) is 2.65. The van der Waals surface area contributed by atoms with Crippen LogP contribution in [0.15, 0.2) is 47.2 Å². The molecule has 0 aliphatic rings. The lowest BCUT2D eigenvalue weighted by atomic mass is 10.0. The molecule has 2 N–H and O–H groups in total. The molecule has 0 saturated heterocycles. The number of hydrogen-bond acceptors (Lipinski definition) is 3. The second kappa shape index (κ2) is 6.68. The molecular weight excluding hydrogens is 304 g/mol. The molecule has 0 bridgehead atoms. The molecule has 1 aromatic heterocycles. The van der Waals surface area contributed by atoms with Gasteiger partial charge in [-0.3, -0.25) is 4.98 Å². The molecule has 2 aromatic rings. The fourth-order valence-electron chi connectivity index (χ4n) is 1.92. The number of pyridine rings is 1. The first-order valence-electron chi connectivity index (χ1n) is 6.27. The Balaban J connectivity index is 2.05. The Hall–Kier alpha value is -1.39. The average Bonchev–Trinajstić information content (AvgIpc) is 2.40. The Morgan fingerprint density at radius 2 is 2.00 bits per heavy atom. The lowest BCUT2D eigenvalue weighted by molar-refractivity contribution is 0.340. The number of ether oxygens (including phenoxy) is 1. The maximum absolute atomic E-state index is 6.22. The summed E-state index contributed by atoms with van der Waals surface area (Å²) in [6.07, 6.45) is 4.38. The molecule has 1 heterocycles. The van der Waals surface area contributed by atoms with Crippen molar-refractivity contribution in [2.75, 3.05) is 6.61 Å². The van der Waals surface area contributed by atoms with Crippen molar-refractivity contribution in [3.63, 3.8) is 0 Å². The van der Waals surface area contributed by atoms with E-state index in [1.807, 2.05) is 43.5 Å². The average molecular weight is 321 g/mol. The van der Waals surface area contributed by atoms with Crippen LogP contribution in [0, 0.1) is 0 Å². The largest absolute Gasteiger partial charge is 0.494 e. The van der Waals surface area contributed by atoms with Crippen LogP contribution >= 0.6 is 15.9 Å². The van der Waals surface area contributed by atoms with Crippen molar-refractivity contribution in [1.82, 2.24) is 4.98 Å². The van der Waals surface area contributed by atoms with Gasteiger partial charge in [-0.2, -0.15) is 0 Å². The summed E-state index contributed by atoms with van der Waals surface area (Å²) in [7, 11) is 0. The van der Waals surface area contributed by atoms with E-state index in [1.165, 1.54) is 0 Å². The summed E-state index contributed by atoms with van der Waals surface area (Å²) in [5.74, 6) is 0.877. The van der Waals surface area contributed by atoms with Crippen molar-refractivity contribution in [1.29, 1.82) is 0 Å². The first-order valence-corrected chi connectivity index (χ1v) is 7.06. The Kier molecular flexibility index (Phi) is 4.93. The van der Waals surface area contributed by atoms with Crippen LogP contribution in [0.3, 0.4) is 0 Å². The number of nitrogens with zero attached hydrogens (tertiary/aromatic N) is 1. The molecule has 0 fully saturated rings. The van der Waals surface area contributed by atoms with Crippen LogP contribution in [0.2, 0.25) is 0 Å². The SMILES string of the molecule is CCOc1ccc(C(N)Cc2cncc(Br)c2)cc1. The van der Waals surface area contributed by atoms with Gasteiger partial charge < -0.3 is 10.5 Å². The number of benzene rings is 1. The van der Waals surface area contributed by atoms with Gasteiger partial charge in [0, 0.05) is 22.9 Å². The lowest BCUT2D eigenvalue weighted by Gasteiger charge is -2.13. The van der Waals surface area contributed by atoms with Crippen molar-refractivity contribution in [2.45, 2.75) is 19.4 Å². The predicted molar refractivity (Wildman–Crippen MR) is 80.2 cm³/mol. The van der Waals surface area contributed by atoms with Gasteiger partial charge in [-0.15, -0.1) is 0 Å². The van der Waals surface area contributed by atoms with Crippen LogP contribution in [0.4, 0.5) is 0 Å². The maximum Gasteiger partial charge on any atom is 0.119 e. The summed E-state index contributed by atoms with van der Waals surface area (Å²) in [5, 5.41) is 0. The van der Waals surface area contributed by atoms with E-state index in [2.05, 4.69) is 20.9 Å². The number of halogens is 1. The number of nitrogens with two attached hydrogens (primary N) is 1. The molecule has 0 saturated carbocycles. The highest BCUT2D eigenvalue weighted by Crippen LogP contribution is 2.20. The van der Waals surface area contributed by atoms with Crippen LogP contribution < -0.4 is 10.5 Å². The van der Waals surface area contributed by atoms with E-state index in [-0.39, 0.29) is 6.04 Å². The minimum absolute atomic E-state index is 0.0354. The molecule has 4 heteroatoms. The third kappa shape index (κ3) is 4.04. The van der Waals surface area contributed by atoms with Crippen LogP contribution in [-0.4, -0.2) is 11.6 Å². The molecule has 0 radical (unpaired) electrons. The van der Waals surface area contributed by atoms with Crippen molar-refractivity contribution in [3.05, 3.63) is 58.3 Å². The predicted octanol–water partition coefficient (Wildman–Crippen LogP) is 3.49. The summed E-state index contributed by atoms with van der Waals surface area (Å²) in [4.78, 5) is 4.15. The highest BCUT2D eigenvalue weighted by Gasteiger charge is 2.08. The van der Waals surface area contributed by atoms with E-state index in [0.29, 0.717) is 6.61 Å². The number of aromatic nitrogens is 1. The molecule has 19 heavy (non-hydrogen) atoms. The zero-order valence-corrected chi connectivity index (χ0v) is 12.4. The van der Waals surface area contributed by atoms with E-state index < -0.39 is 0 Å². The smallest absolute Gasteiger partial charge is 0.119 e. The first kappa shape index (κ1) is 14.0. The van der Waals surface area contributed by atoms with Crippen LogP contribution in [-0.2, 0) is 6.42 Å². The number of hydrogen-bond donors (Lipinski definition) is 1. The Labute approximate surface area is 121 Å². The quantitative estimate of drug-likeness (QED) is 0.917. The Morgan fingerprint density at radius 3 is 2.63 bits per heavy atom. The van der Waals surface area contributed by atoms with Gasteiger partial charge in [0.25, 0.3) is 0 Å². The normalized spacial score (nSPS) is 12.2. The maximum atomic E-state index is 6.22. The summed E-state index contributed by atoms with van der Waals surface area (Å²) in [6, 6.07) is 9.95. The van der Waals surface area contributed by atoms with Crippen LogP contribution in [0.5, 0.6) is 5.75 Å². The second-order valence-electron chi connectivity index (χ2n) is 4.32. The minimum Gasteiger partial charge on any atom is -0.494 e. The molecule has 3 nitrogen and oxygen atoms in total. The van der Waals surface area contributed by atoms with E-state index in [4.69, 9.17) is 10.5 Å². The van der Waals surface area contributed by atoms with Crippen molar-refractivity contribution in [3.8, 4) is 5.75 Å². The molecule has 2 rings (SSSR count). The topological polar surface area (TPSA) is 48.1 Å². The summed E-state index contributed by atoms with van der Waals surface area (Å²) in [5.41, 5.74) is 8.44. The summed E-state index contributed by atoms with van der Waals surface area (Å²) < 4.78 is 6.39. The monoisotopic (exact) mass is 320 g/mol. The molecular formula is C15H17BrN2O. The highest BCUT2D eigenvalue weighted by molar-refractivity contribution is 9.10. The van der Waals surface area contributed by atoms with Crippen molar-refractivity contribution in [2.24, 2.45) is 5.73 Å². The van der Waals surface area contributed by atoms with E-state index >= 15 is 0 Å². The Bertz CT molecular complexity index is 528. The highest BCUT2D eigenvalue weighted by atomic mass is 79.9. The van der Waals surface area contributed by atoms with Crippen LogP contribution in [0.25, 0.3) is 0 Å². The second-order valence-corrected chi connectivity index (χ2v) is 5.24. The molecule has 1 atom stereocenters. The van der Waals surface area contributed by atoms with Gasteiger partial charge in [-0.1, -0.05) is 12.1 Å². The van der Waals surface area contributed by atoms with Gasteiger partial charge in [0.2, 0.25) is 0 Å². The Morgan fingerprint density at radius 1 is 1.26 bits per heavy atom. The molecule has 0 spiro atoms. The molecule has 0 amide bonds. The fourth-order valence-corrected chi connectivity index (χ4v) is 2.33. The fraction of sp³-hybridized carbons (Fsp3) is 0.267.